The van der Waals surface area contributed by atoms with Crippen LogP contribution >= 0.6 is 22.7 Å². The summed E-state index contributed by atoms with van der Waals surface area (Å²) in [5.74, 6) is 0. The first-order valence-electron chi connectivity index (χ1n) is 10.8. The molecule has 1 aliphatic carbocycles. The lowest BCUT2D eigenvalue weighted by molar-refractivity contribution is 0.195. The Morgan fingerprint density at radius 2 is 1.84 bits per heavy atom. The zero-order chi connectivity index (χ0) is 20.8. The van der Waals surface area contributed by atoms with Gasteiger partial charge in [0.15, 0.2) is 0 Å². The molecule has 1 aliphatic heterocycles. The molecule has 1 N–H and O–H groups in total. The molecule has 0 saturated heterocycles. The molecule has 156 valence electrons. The maximum Gasteiger partial charge on any atom is 0.323 e. The fourth-order valence-corrected chi connectivity index (χ4v) is 7.10. The third kappa shape index (κ3) is 3.22. The van der Waals surface area contributed by atoms with Gasteiger partial charge in [0.2, 0.25) is 0 Å². The lowest BCUT2D eigenvalue weighted by Crippen LogP contribution is -2.37. The average Bonchev–Trinajstić information content (AvgIpc) is 3.54. The lowest BCUT2D eigenvalue weighted by Gasteiger charge is -2.30. The Hall–Kier alpha value is -2.83. The van der Waals surface area contributed by atoms with E-state index in [0.29, 0.717) is 6.54 Å². The van der Waals surface area contributed by atoms with E-state index in [1.807, 2.05) is 46.6 Å². The van der Waals surface area contributed by atoms with Crippen molar-refractivity contribution in [2.45, 2.75) is 38.3 Å². The number of urea groups is 1. The lowest BCUT2D eigenvalue weighted by atomic mass is 9.95. The fraction of sp³-hybridized carbons (Fsp3) is 0.240. The van der Waals surface area contributed by atoms with Crippen molar-refractivity contribution in [1.82, 2.24) is 9.47 Å². The van der Waals surface area contributed by atoms with Crippen molar-refractivity contribution in [3.63, 3.8) is 0 Å². The molecule has 0 spiro atoms. The van der Waals surface area contributed by atoms with E-state index in [1.165, 1.54) is 38.7 Å². The van der Waals surface area contributed by atoms with Gasteiger partial charge >= 0.3 is 6.03 Å². The molecule has 4 heterocycles. The van der Waals surface area contributed by atoms with Gasteiger partial charge in [0.1, 0.15) is 11.0 Å². The maximum atomic E-state index is 13.7. The van der Waals surface area contributed by atoms with Crippen LogP contribution in [0.15, 0.2) is 66.2 Å². The molecule has 1 atom stereocenters. The SMILES string of the molecule is O=C(Nc1ccccc1)N1Cc2c(sc3c2CCCC3)-n2cccc2C1c1cccs1. The van der Waals surface area contributed by atoms with Gasteiger partial charge in [-0.2, -0.15) is 0 Å². The molecular formula is C25H23N3OS2. The summed E-state index contributed by atoms with van der Waals surface area (Å²) in [5.41, 5.74) is 4.79. The van der Waals surface area contributed by atoms with Crippen LogP contribution in [0, 0.1) is 0 Å². The summed E-state index contributed by atoms with van der Waals surface area (Å²) in [6.07, 6.45) is 6.94. The molecule has 2 aliphatic rings. The Kier molecular flexibility index (Phi) is 4.69. The van der Waals surface area contributed by atoms with E-state index in [1.54, 1.807) is 11.3 Å². The molecule has 0 fully saturated rings. The van der Waals surface area contributed by atoms with Gasteiger partial charge in [-0.3, -0.25) is 0 Å². The Bertz CT molecular complexity index is 1220. The summed E-state index contributed by atoms with van der Waals surface area (Å²) in [7, 11) is 0. The quantitative estimate of drug-likeness (QED) is 0.370. The molecule has 0 radical (unpaired) electrons. The van der Waals surface area contributed by atoms with Gasteiger partial charge in [-0.25, -0.2) is 4.79 Å². The number of nitrogens with zero attached hydrogens (tertiary/aromatic N) is 2. The third-order valence-corrected chi connectivity index (χ3v) is 8.54. The zero-order valence-electron chi connectivity index (χ0n) is 17.1. The Morgan fingerprint density at radius 1 is 0.968 bits per heavy atom. The first-order valence-corrected chi connectivity index (χ1v) is 12.5. The van der Waals surface area contributed by atoms with Crippen LogP contribution in [0.2, 0.25) is 0 Å². The number of amides is 2. The molecule has 0 saturated carbocycles. The van der Waals surface area contributed by atoms with E-state index in [2.05, 4.69) is 45.7 Å². The van der Waals surface area contributed by atoms with Gasteiger partial charge in [-0.1, -0.05) is 24.3 Å². The van der Waals surface area contributed by atoms with E-state index in [-0.39, 0.29) is 12.1 Å². The molecule has 31 heavy (non-hydrogen) atoms. The van der Waals surface area contributed by atoms with Gasteiger partial charge in [-0.15, -0.1) is 22.7 Å². The van der Waals surface area contributed by atoms with Crippen LogP contribution in [-0.2, 0) is 19.4 Å². The standard InChI is InChI=1S/C25H23N3OS2/c29-25(26-17-8-2-1-3-9-17)28-16-19-18-10-4-5-12-21(18)31-24(19)27-14-6-11-20(27)23(28)22-13-7-15-30-22/h1-3,6-9,11,13-15,23H,4-5,10,12,16H2,(H,26,29). The first kappa shape index (κ1) is 18.9. The summed E-state index contributed by atoms with van der Waals surface area (Å²) in [4.78, 5) is 18.4. The van der Waals surface area contributed by atoms with Crippen molar-refractivity contribution in [2.24, 2.45) is 0 Å². The van der Waals surface area contributed by atoms with Gasteiger partial charge in [0.25, 0.3) is 0 Å². The highest BCUT2D eigenvalue weighted by molar-refractivity contribution is 7.15. The molecule has 4 nitrogen and oxygen atoms in total. The first-order chi connectivity index (χ1) is 15.3. The van der Waals surface area contributed by atoms with Crippen molar-refractivity contribution in [3.05, 3.63) is 92.7 Å². The maximum absolute atomic E-state index is 13.7. The Labute approximate surface area is 189 Å². The Morgan fingerprint density at radius 3 is 2.68 bits per heavy atom. The van der Waals surface area contributed by atoms with E-state index in [4.69, 9.17) is 0 Å². The minimum absolute atomic E-state index is 0.0547. The van der Waals surface area contributed by atoms with Gasteiger partial charge in [-0.05, 0) is 67.0 Å². The number of nitrogens with one attached hydrogen (secondary N) is 1. The van der Waals surface area contributed by atoms with Crippen molar-refractivity contribution in [3.8, 4) is 5.00 Å². The number of aromatic nitrogens is 1. The molecule has 0 bridgehead atoms. The third-order valence-electron chi connectivity index (χ3n) is 6.28. The highest BCUT2D eigenvalue weighted by Gasteiger charge is 2.36. The van der Waals surface area contributed by atoms with Crippen molar-refractivity contribution in [2.75, 3.05) is 5.32 Å². The molecule has 2 amide bonds. The summed E-state index contributed by atoms with van der Waals surface area (Å²) < 4.78 is 2.33. The predicted octanol–water partition coefficient (Wildman–Crippen LogP) is 6.62. The van der Waals surface area contributed by atoms with Crippen molar-refractivity contribution < 1.29 is 4.79 Å². The number of carbonyl (C=O) groups excluding carboxylic acids is 1. The second-order valence-electron chi connectivity index (χ2n) is 8.14. The van der Waals surface area contributed by atoms with Gasteiger partial charge in [0, 0.05) is 27.2 Å². The van der Waals surface area contributed by atoms with E-state index >= 15 is 0 Å². The molecule has 6 rings (SSSR count). The number of benzene rings is 1. The zero-order valence-corrected chi connectivity index (χ0v) is 18.7. The second-order valence-corrected chi connectivity index (χ2v) is 10.2. The molecular weight excluding hydrogens is 422 g/mol. The van der Waals surface area contributed by atoms with Crippen LogP contribution in [0.5, 0.6) is 0 Å². The van der Waals surface area contributed by atoms with Gasteiger partial charge in [0.05, 0.1) is 12.2 Å². The minimum Gasteiger partial charge on any atom is -0.310 e. The number of carbonyl (C=O) groups is 1. The van der Waals surface area contributed by atoms with Gasteiger partial charge < -0.3 is 14.8 Å². The molecule has 1 aromatic carbocycles. The van der Waals surface area contributed by atoms with E-state index < -0.39 is 0 Å². The summed E-state index contributed by atoms with van der Waals surface area (Å²) in [6, 6.07) is 18.1. The molecule has 3 aromatic heterocycles. The molecule has 6 heteroatoms. The summed E-state index contributed by atoms with van der Waals surface area (Å²) in [6.45, 7) is 0.629. The number of para-hydroxylation sites is 1. The van der Waals surface area contributed by atoms with Crippen LogP contribution < -0.4 is 5.32 Å². The number of hydrogen-bond donors (Lipinski definition) is 1. The van der Waals surface area contributed by atoms with Crippen LogP contribution in [0.1, 0.15) is 45.5 Å². The smallest absolute Gasteiger partial charge is 0.310 e. The number of rotatable bonds is 2. The van der Waals surface area contributed by atoms with Crippen molar-refractivity contribution in [1.29, 1.82) is 0 Å². The number of hydrogen-bond acceptors (Lipinski definition) is 3. The number of fused-ring (bicyclic) bond motifs is 5. The van der Waals surface area contributed by atoms with E-state index in [9.17, 15) is 4.79 Å². The number of aryl methyl sites for hydroxylation is 1. The normalized spacial score (nSPS) is 17.4. The summed E-state index contributed by atoms with van der Waals surface area (Å²) >= 11 is 3.64. The topological polar surface area (TPSA) is 37.3 Å². The van der Waals surface area contributed by atoms with Crippen LogP contribution in [0.25, 0.3) is 5.00 Å². The van der Waals surface area contributed by atoms with Crippen LogP contribution in [-0.4, -0.2) is 15.5 Å². The number of anilines is 1. The van der Waals surface area contributed by atoms with Crippen LogP contribution in [0.4, 0.5) is 10.5 Å². The largest absolute Gasteiger partial charge is 0.323 e. The monoisotopic (exact) mass is 445 g/mol. The molecule has 1 unspecified atom stereocenters. The fourth-order valence-electron chi connectivity index (χ4n) is 4.85. The van der Waals surface area contributed by atoms with Crippen LogP contribution in [0.3, 0.4) is 0 Å². The molecule has 4 aromatic rings. The highest BCUT2D eigenvalue weighted by Crippen LogP contribution is 2.44. The minimum atomic E-state index is -0.113. The van der Waals surface area contributed by atoms with E-state index in [0.717, 1.165) is 24.2 Å². The second kappa shape index (κ2) is 7.70. The average molecular weight is 446 g/mol. The highest BCUT2D eigenvalue weighted by atomic mass is 32.1. The van der Waals surface area contributed by atoms with Crippen molar-refractivity contribution >= 4 is 34.4 Å². The number of thiophene rings is 2. The summed E-state index contributed by atoms with van der Waals surface area (Å²) in [5, 5.41) is 6.53. The predicted molar refractivity (Wildman–Crippen MR) is 127 cm³/mol. The Balaban J connectivity index is 1.50.